The molecule has 2 fully saturated rings. The number of likely N-dealkylation sites (tertiary alicyclic amines) is 2. The van der Waals surface area contributed by atoms with Gasteiger partial charge < -0.3 is 19.9 Å². The molecule has 2 aliphatic rings. The summed E-state index contributed by atoms with van der Waals surface area (Å²) >= 11 is 0. The lowest BCUT2D eigenvalue weighted by atomic mass is 10.0. The SMILES string of the molecule is CCOc1ccc(C(=O)N2CCC(N3C(=O)CCC3C(=O)NCc3ccccc3)CC2)cc1. The summed E-state index contributed by atoms with van der Waals surface area (Å²) in [7, 11) is 0. The number of benzene rings is 2. The Kier molecular flexibility index (Phi) is 7.27. The maximum Gasteiger partial charge on any atom is 0.253 e. The van der Waals surface area contributed by atoms with Crippen LogP contribution in [0.2, 0.25) is 0 Å². The first-order valence-corrected chi connectivity index (χ1v) is 11.7. The zero-order valence-corrected chi connectivity index (χ0v) is 19.0. The Morgan fingerprint density at radius 3 is 2.36 bits per heavy atom. The van der Waals surface area contributed by atoms with Crippen LogP contribution < -0.4 is 10.1 Å². The third-order valence-electron chi connectivity index (χ3n) is 6.42. The van der Waals surface area contributed by atoms with Crippen molar-refractivity contribution in [3.63, 3.8) is 0 Å². The van der Waals surface area contributed by atoms with E-state index in [1.807, 2.05) is 54.3 Å². The molecule has 2 saturated heterocycles. The number of carbonyl (C=O) groups is 3. The molecule has 2 aromatic rings. The zero-order chi connectivity index (χ0) is 23.2. The summed E-state index contributed by atoms with van der Waals surface area (Å²) in [4.78, 5) is 42.0. The maximum absolute atomic E-state index is 12.9. The van der Waals surface area contributed by atoms with Crippen LogP contribution in [0, 0.1) is 0 Å². The Morgan fingerprint density at radius 1 is 1.00 bits per heavy atom. The van der Waals surface area contributed by atoms with Crippen molar-refractivity contribution in [3.8, 4) is 5.75 Å². The van der Waals surface area contributed by atoms with Gasteiger partial charge in [-0.1, -0.05) is 30.3 Å². The lowest BCUT2D eigenvalue weighted by Gasteiger charge is -2.39. The predicted octanol–water partition coefficient (Wildman–Crippen LogP) is 3.00. The quantitative estimate of drug-likeness (QED) is 0.705. The highest BCUT2D eigenvalue weighted by Crippen LogP contribution is 2.28. The molecular formula is C26H31N3O4. The first kappa shape index (κ1) is 22.8. The van der Waals surface area contributed by atoms with Crippen molar-refractivity contribution in [2.24, 2.45) is 0 Å². The number of rotatable bonds is 7. The van der Waals surface area contributed by atoms with Crippen LogP contribution in [-0.4, -0.2) is 59.3 Å². The van der Waals surface area contributed by atoms with E-state index in [0.717, 1.165) is 11.3 Å². The highest BCUT2D eigenvalue weighted by Gasteiger charge is 2.41. The van der Waals surface area contributed by atoms with Gasteiger partial charge in [-0.25, -0.2) is 0 Å². The third kappa shape index (κ3) is 5.35. The Hall–Kier alpha value is -3.35. The molecule has 0 bridgehead atoms. The van der Waals surface area contributed by atoms with Crippen molar-refractivity contribution in [1.29, 1.82) is 0 Å². The summed E-state index contributed by atoms with van der Waals surface area (Å²) in [6.45, 7) is 4.10. The van der Waals surface area contributed by atoms with E-state index in [1.165, 1.54) is 0 Å². The van der Waals surface area contributed by atoms with Gasteiger partial charge in [0.2, 0.25) is 11.8 Å². The predicted molar refractivity (Wildman–Crippen MR) is 125 cm³/mol. The summed E-state index contributed by atoms with van der Waals surface area (Å²) < 4.78 is 5.44. The molecule has 1 atom stereocenters. The molecule has 0 aromatic heterocycles. The van der Waals surface area contributed by atoms with E-state index in [1.54, 1.807) is 17.0 Å². The lowest BCUT2D eigenvalue weighted by molar-refractivity contribution is -0.138. The summed E-state index contributed by atoms with van der Waals surface area (Å²) in [6.07, 6.45) is 2.30. The molecule has 7 heteroatoms. The average Bonchev–Trinajstić information content (AvgIpc) is 3.25. The minimum absolute atomic E-state index is 0.0126. The van der Waals surface area contributed by atoms with Crippen molar-refractivity contribution in [3.05, 3.63) is 65.7 Å². The first-order chi connectivity index (χ1) is 16.1. The van der Waals surface area contributed by atoms with Gasteiger partial charge in [0.15, 0.2) is 0 Å². The average molecular weight is 450 g/mol. The van der Waals surface area contributed by atoms with Crippen molar-refractivity contribution in [2.75, 3.05) is 19.7 Å². The number of amides is 3. The van der Waals surface area contributed by atoms with Crippen LogP contribution >= 0.6 is 0 Å². The van der Waals surface area contributed by atoms with Crippen LogP contribution in [0.1, 0.15) is 48.5 Å². The van der Waals surface area contributed by atoms with Gasteiger partial charge in [0.05, 0.1) is 6.61 Å². The second-order valence-corrected chi connectivity index (χ2v) is 8.54. The minimum atomic E-state index is -0.431. The summed E-state index contributed by atoms with van der Waals surface area (Å²) in [5.41, 5.74) is 1.66. The second-order valence-electron chi connectivity index (χ2n) is 8.54. The molecule has 0 radical (unpaired) electrons. The second kappa shape index (κ2) is 10.5. The van der Waals surface area contributed by atoms with Gasteiger partial charge in [-0.3, -0.25) is 14.4 Å². The van der Waals surface area contributed by atoms with Crippen molar-refractivity contribution in [2.45, 2.75) is 51.2 Å². The van der Waals surface area contributed by atoms with Crippen LogP contribution in [0.3, 0.4) is 0 Å². The molecule has 174 valence electrons. The van der Waals surface area contributed by atoms with E-state index in [0.29, 0.717) is 57.5 Å². The smallest absolute Gasteiger partial charge is 0.253 e. The number of carbonyl (C=O) groups excluding carboxylic acids is 3. The highest BCUT2D eigenvalue weighted by atomic mass is 16.5. The molecule has 2 heterocycles. The van der Waals surface area contributed by atoms with E-state index < -0.39 is 6.04 Å². The molecule has 3 amide bonds. The monoisotopic (exact) mass is 449 g/mol. The molecule has 4 rings (SSSR count). The summed E-state index contributed by atoms with van der Waals surface area (Å²) in [5.74, 6) is 0.669. The molecule has 2 aromatic carbocycles. The largest absolute Gasteiger partial charge is 0.494 e. The topological polar surface area (TPSA) is 79.0 Å². The van der Waals surface area contributed by atoms with Crippen molar-refractivity contribution in [1.82, 2.24) is 15.1 Å². The fourth-order valence-electron chi connectivity index (χ4n) is 4.71. The Labute approximate surface area is 194 Å². The number of hydrogen-bond acceptors (Lipinski definition) is 4. The number of nitrogens with zero attached hydrogens (tertiary/aromatic N) is 2. The van der Waals surface area contributed by atoms with E-state index in [4.69, 9.17) is 4.74 Å². The van der Waals surface area contributed by atoms with Gasteiger partial charge >= 0.3 is 0 Å². The van der Waals surface area contributed by atoms with Gasteiger partial charge in [-0.15, -0.1) is 0 Å². The van der Waals surface area contributed by atoms with Crippen LogP contribution in [0.25, 0.3) is 0 Å². The molecule has 7 nitrogen and oxygen atoms in total. The van der Waals surface area contributed by atoms with E-state index in [-0.39, 0.29) is 23.8 Å². The minimum Gasteiger partial charge on any atom is -0.494 e. The fourth-order valence-corrected chi connectivity index (χ4v) is 4.71. The molecule has 0 aliphatic carbocycles. The molecule has 0 spiro atoms. The molecular weight excluding hydrogens is 418 g/mol. The molecule has 33 heavy (non-hydrogen) atoms. The van der Waals surface area contributed by atoms with E-state index >= 15 is 0 Å². The summed E-state index contributed by atoms with van der Waals surface area (Å²) in [6, 6.07) is 16.5. The van der Waals surface area contributed by atoms with Crippen molar-refractivity contribution >= 4 is 17.7 Å². The first-order valence-electron chi connectivity index (χ1n) is 11.7. The van der Waals surface area contributed by atoms with Gasteiger partial charge in [-0.2, -0.15) is 0 Å². The normalized spacial score (nSPS) is 18.9. The van der Waals surface area contributed by atoms with Crippen LogP contribution in [-0.2, 0) is 16.1 Å². The number of ether oxygens (including phenoxy) is 1. The Balaban J connectivity index is 1.33. The summed E-state index contributed by atoms with van der Waals surface area (Å²) in [5, 5.41) is 2.98. The van der Waals surface area contributed by atoms with Gasteiger partial charge in [0.1, 0.15) is 11.8 Å². The zero-order valence-electron chi connectivity index (χ0n) is 19.0. The van der Waals surface area contributed by atoms with Crippen LogP contribution in [0.4, 0.5) is 0 Å². The fraction of sp³-hybridized carbons (Fsp3) is 0.423. The lowest BCUT2D eigenvalue weighted by Crippen LogP contribution is -2.53. The van der Waals surface area contributed by atoms with E-state index in [9.17, 15) is 14.4 Å². The molecule has 1 unspecified atom stereocenters. The molecule has 1 N–H and O–H groups in total. The Bertz CT molecular complexity index is 969. The maximum atomic E-state index is 12.9. The van der Waals surface area contributed by atoms with Gasteiger partial charge in [0.25, 0.3) is 5.91 Å². The molecule has 2 aliphatic heterocycles. The van der Waals surface area contributed by atoms with Crippen LogP contribution in [0.5, 0.6) is 5.75 Å². The highest BCUT2D eigenvalue weighted by molar-refractivity contribution is 5.94. The number of piperidine rings is 1. The van der Waals surface area contributed by atoms with Crippen LogP contribution in [0.15, 0.2) is 54.6 Å². The number of hydrogen-bond donors (Lipinski definition) is 1. The third-order valence-corrected chi connectivity index (χ3v) is 6.42. The standard InChI is InChI=1S/C26H31N3O4/c1-2-33-22-10-8-20(9-11-22)26(32)28-16-14-21(15-17-28)29-23(12-13-24(29)30)25(31)27-18-19-6-4-3-5-7-19/h3-11,21,23H,2,12-18H2,1H3,(H,27,31). The Morgan fingerprint density at radius 2 is 1.70 bits per heavy atom. The molecule has 0 saturated carbocycles. The number of nitrogens with one attached hydrogen (secondary N) is 1. The van der Waals surface area contributed by atoms with Gasteiger partial charge in [-0.05, 0) is 56.0 Å². The van der Waals surface area contributed by atoms with Crippen molar-refractivity contribution < 1.29 is 19.1 Å². The van der Waals surface area contributed by atoms with E-state index in [2.05, 4.69) is 5.32 Å². The van der Waals surface area contributed by atoms with Gasteiger partial charge in [0, 0.05) is 37.7 Å².